The van der Waals surface area contributed by atoms with Gasteiger partial charge in [0.2, 0.25) is 11.7 Å². The van der Waals surface area contributed by atoms with E-state index in [-0.39, 0.29) is 6.61 Å². The molecule has 1 N–H and O–H groups in total. The van der Waals surface area contributed by atoms with Crippen LogP contribution in [0.15, 0.2) is 21.1 Å². The van der Waals surface area contributed by atoms with Crippen LogP contribution < -0.4 is 14.8 Å². The molecule has 0 fully saturated rings. The third kappa shape index (κ3) is 4.18. The van der Waals surface area contributed by atoms with Gasteiger partial charge < -0.3 is 19.3 Å². The summed E-state index contributed by atoms with van der Waals surface area (Å²) >= 11 is 3.51. The number of ether oxygens (including phenoxy) is 2. The van der Waals surface area contributed by atoms with Crippen molar-refractivity contribution in [2.45, 2.75) is 27.0 Å². The zero-order valence-corrected chi connectivity index (χ0v) is 13.9. The van der Waals surface area contributed by atoms with E-state index in [9.17, 15) is 0 Å². The van der Waals surface area contributed by atoms with E-state index in [0.717, 1.165) is 23.1 Å². The van der Waals surface area contributed by atoms with Crippen molar-refractivity contribution < 1.29 is 14.0 Å². The van der Waals surface area contributed by atoms with E-state index in [1.165, 1.54) is 0 Å². The van der Waals surface area contributed by atoms with E-state index in [0.29, 0.717) is 23.2 Å². The number of halogens is 1. The van der Waals surface area contributed by atoms with Crippen molar-refractivity contribution in [2.75, 3.05) is 13.7 Å². The molecule has 114 valence electrons. The Kier molecular flexibility index (Phi) is 5.58. The number of hydrogen-bond acceptors (Lipinski definition) is 6. The number of nitrogens with zero attached hydrogens (tertiary/aromatic N) is 2. The molecule has 6 nitrogen and oxygen atoms in total. The molecule has 0 radical (unpaired) electrons. The first-order chi connectivity index (χ1) is 10.1. The van der Waals surface area contributed by atoms with Gasteiger partial charge in [-0.15, -0.1) is 0 Å². The van der Waals surface area contributed by atoms with Gasteiger partial charge in [-0.3, -0.25) is 0 Å². The lowest BCUT2D eigenvalue weighted by Crippen LogP contribution is -2.12. The minimum absolute atomic E-state index is 0.221. The Morgan fingerprint density at radius 1 is 1.38 bits per heavy atom. The van der Waals surface area contributed by atoms with E-state index in [2.05, 4.69) is 38.3 Å². The molecule has 0 bridgehead atoms. The quantitative estimate of drug-likeness (QED) is 0.823. The molecule has 7 heteroatoms. The average molecular weight is 356 g/mol. The number of rotatable bonds is 7. The van der Waals surface area contributed by atoms with Crippen LogP contribution in [0.2, 0.25) is 0 Å². The van der Waals surface area contributed by atoms with Crippen LogP contribution in [0.25, 0.3) is 0 Å². The molecule has 1 aromatic heterocycles. The maximum absolute atomic E-state index is 5.74. The average Bonchev–Trinajstić information content (AvgIpc) is 2.89. The minimum Gasteiger partial charge on any atom is -0.493 e. The number of methoxy groups -OCH3 is 1. The number of aromatic nitrogens is 2. The second-order valence-corrected chi connectivity index (χ2v) is 5.26. The molecule has 2 rings (SSSR count). The normalized spacial score (nSPS) is 10.7. The van der Waals surface area contributed by atoms with E-state index >= 15 is 0 Å². The monoisotopic (exact) mass is 355 g/mol. The Hall–Kier alpha value is -1.60. The van der Waals surface area contributed by atoms with Crippen LogP contribution in [-0.4, -0.2) is 23.8 Å². The molecule has 0 amide bonds. The predicted octanol–water partition coefficient (Wildman–Crippen LogP) is 2.84. The van der Waals surface area contributed by atoms with Gasteiger partial charge in [-0.1, -0.05) is 12.1 Å². The number of benzene rings is 1. The summed E-state index contributed by atoms with van der Waals surface area (Å²) in [7, 11) is 1.62. The first-order valence-corrected chi connectivity index (χ1v) is 7.42. The fourth-order valence-corrected chi connectivity index (χ4v) is 2.43. The van der Waals surface area contributed by atoms with E-state index in [1.807, 2.05) is 12.1 Å². The van der Waals surface area contributed by atoms with Crippen molar-refractivity contribution in [1.29, 1.82) is 0 Å². The summed E-state index contributed by atoms with van der Waals surface area (Å²) in [5, 5.41) is 7.07. The summed E-state index contributed by atoms with van der Waals surface area (Å²) in [6, 6.07) is 3.95. The molecule has 0 saturated heterocycles. The number of aryl methyl sites for hydroxylation is 1. The smallest absolute Gasteiger partial charge is 0.223 e. The summed E-state index contributed by atoms with van der Waals surface area (Å²) in [5.74, 6) is 2.30. The lowest BCUT2D eigenvalue weighted by Gasteiger charge is -2.13. The highest BCUT2D eigenvalue weighted by atomic mass is 79.9. The highest BCUT2D eigenvalue weighted by Gasteiger charge is 2.13. The van der Waals surface area contributed by atoms with Crippen LogP contribution in [0.5, 0.6) is 11.5 Å². The topological polar surface area (TPSA) is 69.4 Å². The van der Waals surface area contributed by atoms with Gasteiger partial charge in [0.15, 0.2) is 18.1 Å². The van der Waals surface area contributed by atoms with Gasteiger partial charge in [0.05, 0.1) is 11.6 Å². The maximum atomic E-state index is 5.74. The fourth-order valence-electron chi connectivity index (χ4n) is 1.82. The van der Waals surface area contributed by atoms with E-state index in [4.69, 9.17) is 14.0 Å². The van der Waals surface area contributed by atoms with Crippen LogP contribution in [0.3, 0.4) is 0 Å². The first kappa shape index (κ1) is 15.8. The first-order valence-electron chi connectivity index (χ1n) is 6.63. The van der Waals surface area contributed by atoms with E-state index in [1.54, 1.807) is 14.0 Å². The second kappa shape index (κ2) is 7.42. The highest BCUT2D eigenvalue weighted by molar-refractivity contribution is 9.10. The standard InChI is InChI=1S/C14H18BrN3O3/c1-4-16-7-10-5-11(15)14(12(6-10)19-3)20-8-13-17-9(2)21-18-13/h5-6,16H,4,7-8H2,1-3H3. The summed E-state index contributed by atoms with van der Waals surface area (Å²) in [6.45, 7) is 5.71. The predicted molar refractivity (Wildman–Crippen MR) is 81.4 cm³/mol. The molecule has 1 heterocycles. The Morgan fingerprint density at radius 3 is 2.81 bits per heavy atom. The SMILES string of the molecule is CCNCc1cc(Br)c(OCc2noc(C)n2)c(OC)c1. The Morgan fingerprint density at radius 2 is 2.19 bits per heavy atom. The van der Waals surface area contributed by atoms with Gasteiger partial charge in [0.1, 0.15) is 0 Å². The minimum atomic E-state index is 0.221. The van der Waals surface area contributed by atoms with Crippen molar-refractivity contribution in [3.63, 3.8) is 0 Å². The molecule has 0 saturated carbocycles. The molecule has 0 unspecified atom stereocenters. The lowest BCUT2D eigenvalue weighted by molar-refractivity contribution is 0.267. The van der Waals surface area contributed by atoms with E-state index < -0.39 is 0 Å². The summed E-state index contributed by atoms with van der Waals surface area (Å²) < 4.78 is 16.9. The van der Waals surface area contributed by atoms with Crippen LogP contribution in [-0.2, 0) is 13.2 Å². The molecule has 2 aromatic rings. The Labute approximate surface area is 132 Å². The Bertz CT molecular complexity index is 601. The van der Waals surface area contributed by atoms with Gasteiger partial charge in [-0.2, -0.15) is 4.98 Å². The maximum Gasteiger partial charge on any atom is 0.223 e. The van der Waals surface area contributed by atoms with Gasteiger partial charge in [0.25, 0.3) is 0 Å². The zero-order chi connectivity index (χ0) is 15.2. The molecule has 21 heavy (non-hydrogen) atoms. The van der Waals surface area contributed by atoms with Crippen molar-refractivity contribution in [1.82, 2.24) is 15.5 Å². The molecular weight excluding hydrogens is 338 g/mol. The summed E-state index contributed by atoms with van der Waals surface area (Å²) in [6.07, 6.45) is 0. The van der Waals surface area contributed by atoms with Gasteiger partial charge in [-0.25, -0.2) is 0 Å². The third-order valence-electron chi connectivity index (χ3n) is 2.78. The van der Waals surface area contributed by atoms with Crippen LogP contribution >= 0.6 is 15.9 Å². The third-order valence-corrected chi connectivity index (χ3v) is 3.37. The summed E-state index contributed by atoms with van der Waals surface area (Å²) in [4.78, 5) is 4.10. The Balaban J connectivity index is 2.14. The molecular formula is C14H18BrN3O3. The molecule has 0 aliphatic heterocycles. The fraction of sp³-hybridized carbons (Fsp3) is 0.429. The van der Waals surface area contributed by atoms with Crippen molar-refractivity contribution in [3.8, 4) is 11.5 Å². The van der Waals surface area contributed by atoms with Gasteiger partial charge >= 0.3 is 0 Å². The molecule has 0 aliphatic rings. The zero-order valence-electron chi connectivity index (χ0n) is 12.3. The van der Waals surface area contributed by atoms with Crippen molar-refractivity contribution in [3.05, 3.63) is 33.9 Å². The molecule has 0 aliphatic carbocycles. The van der Waals surface area contributed by atoms with Crippen LogP contribution in [0.1, 0.15) is 24.2 Å². The number of hydrogen-bond donors (Lipinski definition) is 1. The van der Waals surface area contributed by atoms with Crippen molar-refractivity contribution in [2.24, 2.45) is 0 Å². The second-order valence-electron chi connectivity index (χ2n) is 4.41. The van der Waals surface area contributed by atoms with Crippen LogP contribution in [0, 0.1) is 6.92 Å². The van der Waals surface area contributed by atoms with Gasteiger partial charge in [0, 0.05) is 13.5 Å². The lowest BCUT2D eigenvalue weighted by atomic mass is 10.2. The molecule has 1 aromatic carbocycles. The van der Waals surface area contributed by atoms with Crippen LogP contribution in [0.4, 0.5) is 0 Å². The van der Waals surface area contributed by atoms with Crippen molar-refractivity contribution >= 4 is 15.9 Å². The molecule has 0 atom stereocenters. The highest BCUT2D eigenvalue weighted by Crippen LogP contribution is 2.37. The molecule has 0 spiro atoms. The number of nitrogens with one attached hydrogen (secondary N) is 1. The largest absolute Gasteiger partial charge is 0.493 e. The summed E-state index contributed by atoms with van der Waals surface area (Å²) in [5.41, 5.74) is 1.11. The van der Waals surface area contributed by atoms with Gasteiger partial charge in [-0.05, 0) is 40.2 Å².